The Balaban J connectivity index is 1.89. The summed E-state index contributed by atoms with van der Waals surface area (Å²) in [6.45, 7) is 3.40. The van der Waals surface area contributed by atoms with Crippen LogP contribution in [0.15, 0.2) is 42.5 Å². The molecule has 1 atom stereocenters. The number of fused-ring (bicyclic) bond motifs is 1. The maximum Gasteiger partial charge on any atom is 0.146 e. The molecule has 0 spiro atoms. The molecule has 1 heterocycles. The van der Waals surface area contributed by atoms with Crippen LogP contribution in [0.5, 0.6) is 0 Å². The first-order valence-corrected chi connectivity index (χ1v) is 6.52. The van der Waals surface area contributed by atoms with Crippen LogP contribution in [-0.2, 0) is 13.1 Å². The van der Waals surface area contributed by atoms with Gasteiger partial charge in [-0.25, -0.2) is 4.39 Å². The van der Waals surface area contributed by atoms with Crippen molar-refractivity contribution in [3.8, 4) is 0 Å². The smallest absolute Gasteiger partial charge is 0.146 e. The van der Waals surface area contributed by atoms with Gasteiger partial charge in [0.25, 0.3) is 0 Å². The van der Waals surface area contributed by atoms with Gasteiger partial charge in [-0.1, -0.05) is 30.3 Å². The second-order valence-corrected chi connectivity index (χ2v) is 5.12. The monoisotopic (exact) mass is 256 g/mol. The Morgan fingerprint density at radius 2 is 1.74 bits per heavy atom. The lowest BCUT2D eigenvalue weighted by atomic mass is 10.1. The Bertz CT molecular complexity index is 582. The van der Waals surface area contributed by atoms with Crippen LogP contribution in [0, 0.1) is 5.82 Å². The highest BCUT2D eigenvalue weighted by atomic mass is 19.1. The lowest BCUT2D eigenvalue weighted by Crippen LogP contribution is -2.16. The van der Waals surface area contributed by atoms with Crippen LogP contribution in [-0.4, -0.2) is 0 Å². The van der Waals surface area contributed by atoms with Gasteiger partial charge in [0, 0.05) is 19.1 Å². The van der Waals surface area contributed by atoms with E-state index in [0.29, 0.717) is 5.69 Å². The molecule has 0 bridgehead atoms. The van der Waals surface area contributed by atoms with Gasteiger partial charge in [0.2, 0.25) is 0 Å². The third-order valence-corrected chi connectivity index (χ3v) is 3.68. The number of halogens is 1. The van der Waals surface area contributed by atoms with Crippen molar-refractivity contribution in [2.45, 2.75) is 26.1 Å². The van der Waals surface area contributed by atoms with Crippen LogP contribution in [0.1, 0.15) is 29.7 Å². The summed E-state index contributed by atoms with van der Waals surface area (Å²) >= 11 is 0. The Labute approximate surface area is 112 Å². The van der Waals surface area contributed by atoms with Crippen molar-refractivity contribution < 1.29 is 4.39 Å². The number of benzene rings is 2. The van der Waals surface area contributed by atoms with E-state index in [1.54, 1.807) is 6.07 Å². The molecule has 2 nitrogen and oxygen atoms in total. The van der Waals surface area contributed by atoms with Crippen molar-refractivity contribution in [2.24, 2.45) is 5.73 Å². The molecule has 2 aromatic rings. The van der Waals surface area contributed by atoms with Crippen molar-refractivity contribution in [1.82, 2.24) is 0 Å². The third kappa shape index (κ3) is 2.22. The zero-order chi connectivity index (χ0) is 13.4. The van der Waals surface area contributed by atoms with Gasteiger partial charge in [-0.2, -0.15) is 0 Å². The van der Waals surface area contributed by atoms with E-state index in [1.807, 2.05) is 31.2 Å². The van der Waals surface area contributed by atoms with E-state index in [9.17, 15) is 4.39 Å². The SMILES string of the molecule is C[C@@H](N)c1ccc(N2Cc3ccccc3C2)c(F)c1. The Kier molecular flexibility index (Phi) is 2.99. The van der Waals surface area contributed by atoms with E-state index in [2.05, 4.69) is 17.0 Å². The van der Waals surface area contributed by atoms with Crippen molar-refractivity contribution in [1.29, 1.82) is 0 Å². The van der Waals surface area contributed by atoms with Gasteiger partial charge in [-0.15, -0.1) is 0 Å². The van der Waals surface area contributed by atoms with Gasteiger partial charge >= 0.3 is 0 Å². The molecule has 3 heteroatoms. The summed E-state index contributed by atoms with van der Waals surface area (Å²) in [6.07, 6.45) is 0. The van der Waals surface area contributed by atoms with Gasteiger partial charge in [0.1, 0.15) is 5.82 Å². The van der Waals surface area contributed by atoms with Crippen molar-refractivity contribution in [3.05, 3.63) is 65.0 Å². The molecule has 1 aliphatic heterocycles. The quantitative estimate of drug-likeness (QED) is 0.892. The molecule has 19 heavy (non-hydrogen) atoms. The lowest BCUT2D eigenvalue weighted by molar-refractivity contribution is 0.614. The second kappa shape index (κ2) is 4.67. The summed E-state index contributed by atoms with van der Waals surface area (Å²) in [5.74, 6) is -0.192. The first-order chi connectivity index (χ1) is 9.15. The van der Waals surface area contributed by atoms with Gasteiger partial charge in [-0.3, -0.25) is 0 Å². The standard InChI is InChI=1S/C16H17FN2/c1-11(18)12-6-7-16(15(17)8-12)19-9-13-4-2-3-5-14(13)10-19/h2-8,11H,9-10,18H2,1H3/t11-/m1/s1. The second-order valence-electron chi connectivity index (χ2n) is 5.12. The normalized spacial score (nSPS) is 15.4. The zero-order valence-corrected chi connectivity index (χ0v) is 10.9. The van der Waals surface area contributed by atoms with Gasteiger partial charge in [0.15, 0.2) is 0 Å². The molecule has 0 saturated carbocycles. The van der Waals surface area contributed by atoms with Crippen LogP contribution >= 0.6 is 0 Å². The molecule has 1 aliphatic rings. The van der Waals surface area contributed by atoms with Gasteiger partial charge < -0.3 is 10.6 Å². The Hall–Kier alpha value is -1.87. The number of nitrogens with two attached hydrogens (primary N) is 1. The van der Waals surface area contributed by atoms with Gasteiger partial charge in [0.05, 0.1) is 5.69 Å². The van der Waals surface area contributed by atoms with E-state index in [-0.39, 0.29) is 11.9 Å². The average Bonchev–Trinajstić information content (AvgIpc) is 2.81. The molecule has 3 rings (SSSR count). The summed E-state index contributed by atoms with van der Waals surface area (Å²) in [4.78, 5) is 2.06. The van der Waals surface area contributed by atoms with Crippen molar-refractivity contribution in [3.63, 3.8) is 0 Å². The highest BCUT2D eigenvalue weighted by Crippen LogP contribution is 2.30. The molecule has 0 amide bonds. The summed E-state index contributed by atoms with van der Waals surface area (Å²) in [7, 11) is 0. The van der Waals surface area contributed by atoms with Gasteiger partial charge in [-0.05, 0) is 35.7 Å². The fourth-order valence-electron chi connectivity index (χ4n) is 2.57. The number of anilines is 1. The number of hydrogen-bond acceptors (Lipinski definition) is 2. The first kappa shape index (κ1) is 12.2. The summed E-state index contributed by atoms with van der Waals surface area (Å²) in [5.41, 5.74) is 9.81. The van der Waals surface area contributed by atoms with Crippen LogP contribution in [0.2, 0.25) is 0 Å². The summed E-state index contributed by atoms with van der Waals surface area (Å²) in [5, 5.41) is 0. The maximum absolute atomic E-state index is 14.2. The molecule has 0 aliphatic carbocycles. The van der Waals surface area contributed by atoms with Crippen LogP contribution in [0.4, 0.5) is 10.1 Å². The highest BCUT2D eigenvalue weighted by Gasteiger charge is 2.21. The van der Waals surface area contributed by atoms with Crippen LogP contribution in [0.25, 0.3) is 0 Å². The largest absolute Gasteiger partial charge is 0.360 e. The van der Waals surface area contributed by atoms with Crippen LogP contribution < -0.4 is 10.6 Å². The molecule has 0 radical (unpaired) electrons. The van der Waals surface area contributed by atoms with E-state index < -0.39 is 0 Å². The Morgan fingerprint density at radius 3 is 2.26 bits per heavy atom. The number of nitrogens with zero attached hydrogens (tertiary/aromatic N) is 1. The molecule has 2 N–H and O–H groups in total. The van der Waals surface area contributed by atoms with Crippen molar-refractivity contribution in [2.75, 3.05) is 4.90 Å². The van der Waals surface area contributed by atoms with Crippen molar-refractivity contribution >= 4 is 5.69 Å². The predicted octanol–water partition coefficient (Wildman–Crippen LogP) is 3.37. The van der Waals surface area contributed by atoms with E-state index in [0.717, 1.165) is 18.7 Å². The lowest BCUT2D eigenvalue weighted by Gasteiger charge is -2.19. The Morgan fingerprint density at radius 1 is 1.11 bits per heavy atom. The fourth-order valence-corrected chi connectivity index (χ4v) is 2.57. The minimum absolute atomic E-state index is 0.140. The minimum Gasteiger partial charge on any atom is -0.360 e. The molecular formula is C16H17FN2. The number of hydrogen-bond donors (Lipinski definition) is 1. The van der Waals surface area contributed by atoms with E-state index in [1.165, 1.54) is 11.1 Å². The number of rotatable bonds is 2. The molecule has 98 valence electrons. The van der Waals surface area contributed by atoms with E-state index >= 15 is 0 Å². The van der Waals surface area contributed by atoms with E-state index in [4.69, 9.17) is 5.73 Å². The molecule has 0 fully saturated rings. The topological polar surface area (TPSA) is 29.3 Å². The predicted molar refractivity (Wildman–Crippen MR) is 75.3 cm³/mol. The minimum atomic E-state index is -0.192. The summed E-state index contributed by atoms with van der Waals surface area (Å²) < 4.78 is 14.2. The summed E-state index contributed by atoms with van der Waals surface area (Å²) in [6, 6.07) is 13.4. The molecule has 0 saturated heterocycles. The first-order valence-electron chi connectivity index (χ1n) is 6.52. The highest BCUT2D eigenvalue weighted by molar-refractivity contribution is 5.53. The maximum atomic E-state index is 14.2. The third-order valence-electron chi connectivity index (χ3n) is 3.68. The molecule has 2 aromatic carbocycles. The fraction of sp³-hybridized carbons (Fsp3) is 0.250. The zero-order valence-electron chi connectivity index (χ0n) is 10.9. The van der Waals surface area contributed by atoms with Crippen LogP contribution in [0.3, 0.4) is 0 Å². The molecular weight excluding hydrogens is 239 g/mol. The molecule has 0 unspecified atom stereocenters. The molecule has 0 aromatic heterocycles. The average molecular weight is 256 g/mol.